The predicted molar refractivity (Wildman–Crippen MR) is 125 cm³/mol. The van der Waals surface area contributed by atoms with E-state index in [2.05, 4.69) is 36.4 Å². The molecule has 160 valence electrons. The highest BCUT2D eigenvalue weighted by Crippen LogP contribution is 2.32. The van der Waals surface area contributed by atoms with Crippen LogP contribution in [0.4, 0.5) is 0 Å². The molecule has 2 aromatic rings. The van der Waals surface area contributed by atoms with Crippen LogP contribution in [-0.4, -0.2) is 39.3 Å². The van der Waals surface area contributed by atoms with Gasteiger partial charge in [0.15, 0.2) is 5.05 Å². The number of aryl methyl sites for hydroxylation is 1. The SMILES string of the molecule is CCC(C)(C)C(=O)C(=O)N1CCC(CCCc2cccc3ccccc23)[C@H]1C(O)=S. The number of nitrogens with zero attached hydrogens (tertiary/aromatic N) is 1. The van der Waals surface area contributed by atoms with E-state index in [4.69, 9.17) is 12.2 Å². The number of hydrogen-bond acceptors (Lipinski definition) is 3. The highest BCUT2D eigenvalue weighted by molar-refractivity contribution is 7.80. The maximum Gasteiger partial charge on any atom is 0.291 e. The van der Waals surface area contributed by atoms with Crippen molar-refractivity contribution in [3.8, 4) is 0 Å². The minimum absolute atomic E-state index is 0.0824. The van der Waals surface area contributed by atoms with Crippen molar-refractivity contribution >= 4 is 39.7 Å². The number of thiocarbonyl (C=S) groups is 1. The number of carbonyl (C=O) groups excluding carboxylic acids is 2. The number of carbonyl (C=O) groups is 2. The van der Waals surface area contributed by atoms with Gasteiger partial charge in [-0.2, -0.15) is 0 Å². The van der Waals surface area contributed by atoms with Gasteiger partial charge in [0, 0.05) is 12.0 Å². The van der Waals surface area contributed by atoms with Crippen molar-refractivity contribution in [2.24, 2.45) is 11.3 Å². The average molecular weight is 426 g/mol. The van der Waals surface area contributed by atoms with Crippen molar-refractivity contribution in [2.45, 2.75) is 58.9 Å². The summed E-state index contributed by atoms with van der Waals surface area (Å²) in [6.45, 7) is 5.95. The van der Waals surface area contributed by atoms with Crippen LogP contribution in [0.25, 0.3) is 10.8 Å². The fourth-order valence-electron chi connectivity index (χ4n) is 4.37. The molecule has 0 aliphatic carbocycles. The third-order valence-corrected chi connectivity index (χ3v) is 6.87. The number of rotatable bonds is 8. The molecule has 0 radical (unpaired) electrons. The number of fused-ring (bicyclic) bond motifs is 1. The number of ketones is 1. The molecule has 1 heterocycles. The molecular weight excluding hydrogens is 394 g/mol. The van der Waals surface area contributed by atoms with Crippen LogP contribution in [-0.2, 0) is 16.0 Å². The summed E-state index contributed by atoms with van der Waals surface area (Å²) in [4.78, 5) is 27.0. The third kappa shape index (κ3) is 4.56. The van der Waals surface area contributed by atoms with E-state index in [9.17, 15) is 14.7 Å². The highest BCUT2D eigenvalue weighted by Gasteiger charge is 2.44. The second-order valence-electron chi connectivity index (χ2n) is 8.93. The lowest BCUT2D eigenvalue weighted by Gasteiger charge is -2.29. The minimum atomic E-state index is -0.703. The summed E-state index contributed by atoms with van der Waals surface area (Å²) in [5, 5.41) is 12.5. The van der Waals surface area contributed by atoms with Crippen LogP contribution in [0.3, 0.4) is 0 Å². The second-order valence-corrected chi connectivity index (χ2v) is 9.35. The van der Waals surface area contributed by atoms with Crippen LogP contribution in [0.5, 0.6) is 0 Å². The van der Waals surface area contributed by atoms with E-state index in [1.807, 2.05) is 13.0 Å². The molecule has 1 aliphatic rings. The molecule has 30 heavy (non-hydrogen) atoms. The Labute approximate surface area is 184 Å². The number of Topliss-reactive ketones (excluding diaryl/α,β-unsaturated/α-hetero) is 1. The Morgan fingerprint density at radius 1 is 1.17 bits per heavy atom. The summed E-state index contributed by atoms with van der Waals surface area (Å²) in [6, 6.07) is 14.2. The maximum absolute atomic E-state index is 12.9. The van der Waals surface area contributed by atoms with Crippen LogP contribution in [0, 0.1) is 11.3 Å². The number of hydrogen-bond donors (Lipinski definition) is 1. The summed E-state index contributed by atoms with van der Waals surface area (Å²) < 4.78 is 0. The first kappa shape index (κ1) is 22.4. The largest absolute Gasteiger partial charge is 0.500 e. The lowest BCUT2D eigenvalue weighted by atomic mass is 9.84. The third-order valence-electron chi connectivity index (χ3n) is 6.63. The van der Waals surface area contributed by atoms with Crippen molar-refractivity contribution < 1.29 is 14.7 Å². The number of benzene rings is 2. The van der Waals surface area contributed by atoms with Crippen molar-refractivity contribution in [3.63, 3.8) is 0 Å². The first-order valence-electron chi connectivity index (χ1n) is 10.8. The lowest BCUT2D eigenvalue weighted by Crippen LogP contribution is -2.48. The second kappa shape index (κ2) is 9.25. The van der Waals surface area contributed by atoms with Crippen molar-refractivity contribution in [1.29, 1.82) is 0 Å². The Kier molecular flexibility index (Phi) is 6.91. The molecule has 2 atom stereocenters. The quantitative estimate of drug-likeness (QED) is 0.462. The zero-order chi connectivity index (χ0) is 21.9. The van der Waals surface area contributed by atoms with Gasteiger partial charge in [-0.3, -0.25) is 9.59 Å². The van der Waals surface area contributed by atoms with Crippen molar-refractivity contribution in [1.82, 2.24) is 4.90 Å². The molecule has 1 saturated heterocycles. The molecule has 1 amide bonds. The van der Waals surface area contributed by atoms with Gasteiger partial charge in [-0.25, -0.2) is 0 Å². The molecule has 1 fully saturated rings. The van der Waals surface area contributed by atoms with Crippen LogP contribution in [0.15, 0.2) is 42.5 Å². The molecule has 1 N–H and O–H groups in total. The molecule has 5 heteroatoms. The average Bonchev–Trinajstić information content (AvgIpc) is 3.17. The zero-order valence-corrected chi connectivity index (χ0v) is 18.9. The lowest BCUT2D eigenvalue weighted by molar-refractivity contribution is -0.149. The molecular formula is C25H31NO3S. The van der Waals surface area contributed by atoms with Crippen LogP contribution < -0.4 is 0 Å². The van der Waals surface area contributed by atoms with Gasteiger partial charge in [-0.15, -0.1) is 0 Å². The number of amides is 1. The maximum atomic E-state index is 12.9. The smallest absolute Gasteiger partial charge is 0.291 e. The molecule has 0 aromatic heterocycles. The van der Waals surface area contributed by atoms with E-state index in [0.29, 0.717) is 13.0 Å². The number of aliphatic hydroxyl groups is 1. The first-order valence-corrected chi connectivity index (χ1v) is 11.2. The monoisotopic (exact) mass is 425 g/mol. The van der Waals surface area contributed by atoms with E-state index in [-0.39, 0.29) is 11.0 Å². The van der Waals surface area contributed by atoms with Crippen LogP contribution in [0.2, 0.25) is 0 Å². The molecule has 3 rings (SSSR count). The molecule has 0 saturated carbocycles. The molecule has 0 bridgehead atoms. The summed E-state index contributed by atoms with van der Waals surface area (Å²) >= 11 is 5.09. The summed E-state index contributed by atoms with van der Waals surface area (Å²) in [5.74, 6) is -0.832. The highest BCUT2D eigenvalue weighted by atomic mass is 32.1. The summed E-state index contributed by atoms with van der Waals surface area (Å²) in [6.07, 6.45) is 4.07. The standard InChI is InChI=1S/C25H31NO3S/c1-4-25(2,3)22(27)23(28)26-16-15-19(21(26)24(29)30)13-8-12-18-11-7-10-17-9-5-6-14-20(17)18/h5-7,9-11,14,19,21H,4,8,12-13,15-16H2,1-3H3,(H,29,30)/t19?,21-/m0/s1. The Balaban J connectivity index is 1.67. The molecule has 4 nitrogen and oxygen atoms in total. The van der Waals surface area contributed by atoms with Gasteiger partial charge in [0.1, 0.15) is 6.04 Å². The van der Waals surface area contributed by atoms with Gasteiger partial charge in [0.05, 0.1) is 0 Å². The Morgan fingerprint density at radius 3 is 2.57 bits per heavy atom. The predicted octanol–water partition coefficient (Wildman–Crippen LogP) is 5.27. The normalized spacial score (nSPS) is 19.2. The van der Waals surface area contributed by atoms with Gasteiger partial charge < -0.3 is 10.0 Å². The number of aliphatic hydroxyl groups excluding tert-OH is 1. The fourth-order valence-corrected chi connectivity index (χ4v) is 4.69. The fraction of sp³-hybridized carbons (Fsp3) is 0.480. The van der Waals surface area contributed by atoms with E-state index in [1.54, 1.807) is 13.8 Å². The first-order chi connectivity index (χ1) is 14.3. The summed E-state index contributed by atoms with van der Waals surface area (Å²) in [7, 11) is 0. The topological polar surface area (TPSA) is 57.6 Å². The Hall–Kier alpha value is -2.27. The Bertz CT molecular complexity index is 947. The van der Waals surface area contributed by atoms with Gasteiger partial charge in [-0.1, -0.05) is 63.2 Å². The van der Waals surface area contributed by atoms with E-state index in [0.717, 1.165) is 25.7 Å². The van der Waals surface area contributed by atoms with Crippen molar-refractivity contribution in [3.05, 3.63) is 48.0 Å². The summed E-state index contributed by atoms with van der Waals surface area (Å²) in [5.41, 5.74) is 0.604. The van der Waals surface area contributed by atoms with E-state index in [1.165, 1.54) is 21.2 Å². The van der Waals surface area contributed by atoms with Gasteiger partial charge in [0.25, 0.3) is 5.91 Å². The number of likely N-dealkylation sites (tertiary alicyclic amines) is 1. The van der Waals surface area contributed by atoms with Gasteiger partial charge in [0.2, 0.25) is 5.78 Å². The minimum Gasteiger partial charge on any atom is -0.500 e. The van der Waals surface area contributed by atoms with Gasteiger partial charge in [-0.05, 0) is 66.6 Å². The molecule has 1 aliphatic heterocycles. The van der Waals surface area contributed by atoms with Crippen molar-refractivity contribution in [2.75, 3.05) is 6.54 Å². The van der Waals surface area contributed by atoms with E-state index >= 15 is 0 Å². The van der Waals surface area contributed by atoms with Crippen LogP contribution >= 0.6 is 12.2 Å². The molecule has 1 unspecified atom stereocenters. The Morgan fingerprint density at radius 2 is 1.87 bits per heavy atom. The van der Waals surface area contributed by atoms with Crippen LogP contribution in [0.1, 0.15) is 52.0 Å². The van der Waals surface area contributed by atoms with E-state index < -0.39 is 23.1 Å². The zero-order valence-electron chi connectivity index (χ0n) is 18.1. The van der Waals surface area contributed by atoms with Gasteiger partial charge >= 0.3 is 0 Å². The molecule has 2 aromatic carbocycles. The molecule has 0 spiro atoms.